The summed E-state index contributed by atoms with van der Waals surface area (Å²) in [5.41, 5.74) is 1.32. The molecular formula is C20H27N5O6S. The lowest BCUT2D eigenvalue weighted by Gasteiger charge is -2.13. The van der Waals surface area contributed by atoms with E-state index in [2.05, 4.69) is 32.3 Å². The molecule has 2 amide bonds. The van der Waals surface area contributed by atoms with Crippen LogP contribution in [-0.4, -0.2) is 57.9 Å². The van der Waals surface area contributed by atoms with Crippen LogP contribution in [0.25, 0.3) is 0 Å². The van der Waals surface area contributed by atoms with E-state index in [1.54, 1.807) is 31.2 Å². The third-order valence-electron chi connectivity index (χ3n) is 3.71. The van der Waals surface area contributed by atoms with E-state index in [1.807, 2.05) is 0 Å². The number of hydrazone groups is 1. The minimum Gasteiger partial charge on any atom is -0.466 e. The van der Waals surface area contributed by atoms with Gasteiger partial charge in [-0.1, -0.05) is 24.0 Å². The second-order valence-corrected chi connectivity index (χ2v) is 8.33. The predicted molar refractivity (Wildman–Crippen MR) is 120 cm³/mol. The van der Waals surface area contributed by atoms with E-state index in [0.717, 1.165) is 11.8 Å². The highest BCUT2D eigenvalue weighted by atomic mass is 32.2. The van der Waals surface area contributed by atoms with Gasteiger partial charge in [0.25, 0.3) is 0 Å². The lowest BCUT2D eigenvalue weighted by molar-refractivity contribution is -0.143. The van der Waals surface area contributed by atoms with Crippen LogP contribution in [0, 0.1) is 11.8 Å². The molecule has 1 aromatic carbocycles. The molecule has 0 spiro atoms. The first kappa shape index (κ1) is 26.6. The van der Waals surface area contributed by atoms with Crippen molar-refractivity contribution in [3.8, 4) is 11.8 Å². The molecule has 0 aromatic heterocycles. The van der Waals surface area contributed by atoms with Crippen molar-refractivity contribution in [2.45, 2.75) is 32.2 Å². The number of nitrogens with two attached hydrogens (primary N) is 1. The molecule has 0 radical (unpaired) electrons. The molecule has 11 nitrogen and oxygen atoms in total. The van der Waals surface area contributed by atoms with Gasteiger partial charge in [-0.05, 0) is 24.6 Å². The van der Waals surface area contributed by atoms with Gasteiger partial charge in [-0.15, -0.1) is 0 Å². The second kappa shape index (κ2) is 13.8. The van der Waals surface area contributed by atoms with Gasteiger partial charge in [0.15, 0.2) is 0 Å². The molecule has 12 heteroatoms. The zero-order valence-electron chi connectivity index (χ0n) is 17.9. The number of sulfonamides is 1. The molecule has 1 aromatic rings. The van der Waals surface area contributed by atoms with Crippen molar-refractivity contribution in [3.05, 3.63) is 29.8 Å². The Hall–Kier alpha value is -3.43. The van der Waals surface area contributed by atoms with Crippen molar-refractivity contribution < 1.29 is 27.5 Å². The Morgan fingerprint density at radius 1 is 1.19 bits per heavy atom. The second-order valence-electron chi connectivity index (χ2n) is 6.49. The van der Waals surface area contributed by atoms with Gasteiger partial charge in [0, 0.05) is 18.5 Å². The van der Waals surface area contributed by atoms with Crippen LogP contribution in [0.4, 0.5) is 5.69 Å². The lowest BCUT2D eigenvalue weighted by Crippen LogP contribution is -2.36. The van der Waals surface area contributed by atoms with Crippen LogP contribution in [0.15, 0.2) is 29.4 Å². The number of rotatable bonds is 11. The molecule has 0 bridgehead atoms. The first-order chi connectivity index (χ1) is 15.1. The molecule has 0 heterocycles. The van der Waals surface area contributed by atoms with Crippen LogP contribution in [0.5, 0.6) is 0 Å². The lowest BCUT2D eigenvalue weighted by atomic mass is 10.2. The summed E-state index contributed by atoms with van der Waals surface area (Å²) in [5.74, 6) is 8.82. The number of hydrogen-bond donors (Lipinski definition) is 4. The highest BCUT2D eigenvalue weighted by molar-refractivity contribution is 7.88. The average molecular weight is 466 g/mol. The van der Waals surface area contributed by atoms with Gasteiger partial charge < -0.3 is 21.2 Å². The van der Waals surface area contributed by atoms with Gasteiger partial charge in [0.2, 0.25) is 21.8 Å². The van der Waals surface area contributed by atoms with Gasteiger partial charge in [0.05, 0.1) is 32.0 Å². The summed E-state index contributed by atoms with van der Waals surface area (Å²) < 4.78 is 29.2. The molecule has 0 fully saturated rings. The number of amides is 2. The first-order valence-corrected chi connectivity index (χ1v) is 11.5. The smallest absolute Gasteiger partial charge is 0.308 e. The summed E-state index contributed by atoms with van der Waals surface area (Å²) in [6.07, 6.45) is 2.01. The summed E-state index contributed by atoms with van der Waals surface area (Å²) in [6, 6.07) is 5.89. The first-order valence-electron chi connectivity index (χ1n) is 9.64. The van der Waals surface area contributed by atoms with Crippen LogP contribution in [0.3, 0.4) is 0 Å². The number of carbonyl (C=O) groups excluding carboxylic acids is 3. The van der Waals surface area contributed by atoms with E-state index in [9.17, 15) is 22.8 Å². The third kappa shape index (κ3) is 12.3. The number of esters is 1. The maximum absolute atomic E-state index is 12.2. The van der Waals surface area contributed by atoms with Gasteiger partial charge in [0.1, 0.15) is 6.04 Å². The zero-order chi connectivity index (χ0) is 24.0. The fourth-order valence-electron chi connectivity index (χ4n) is 2.32. The normalized spacial score (nSPS) is 11.8. The molecule has 0 aliphatic heterocycles. The maximum atomic E-state index is 12.2. The molecule has 1 unspecified atom stereocenters. The van der Waals surface area contributed by atoms with Crippen molar-refractivity contribution in [2.24, 2.45) is 10.9 Å². The Kier molecular flexibility index (Phi) is 11.5. The van der Waals surface area contributed by atoms with E-state index in [1.165, 1.54) is 6.21 Å². The number of carbonyl (C=O) groups is 3. The van der Waals surface area contributed by atoms with Gasteiger partial charge in [-0.3, -0.25) is 14.4 Å². The van der Waals surface area contributed by atoms with Gasteiger partial charge in [-0.25, -0.2) is 13.1 Å². The molecule has 1 atom stereocenters. The summed E-state index contributed by atoms with van der Waals surface area (Å²) in [7, 11) is -3.41. The fourth-order valence-corrected chi connectivity index (χ4v) is 2.66. The Balaban J connectivity index is 2.59. The Labute approximate surface area is 187 Å². The quantitative estimate of drug-likeness (QED) is 0.114. The van der Waals surface area contributed by atoms with Crippen molar-refractivity contribution in [1.82, 2.24) is 10.0 Å². The summed E-state index contributed by atoms with van der Waals surface area (Å²) >= 11 is 0. The van der Waals surface area contributed by atoms with Crippen molar-refractivity contribution >= 4 is 39.7 Å². The third-order valence-corrected chi connectivity index (χ3v) is 4.38. The van der Waals surface area contributed by atoms with E-state index < -0.39 is 27.9 Å². The van der Waals surface area contributed by atoms with Gasteiger partial charge in [-0.2, -0.15) is 5.10 Å². The molecule has 0 aliphatic rings. The highest BCUT2D eigenvalue weighted by Crippen LogP contribution is 2.09. The van der Waals surface area contributed by atoms with Gasteiger partial charge >= 0.3 is 5.97 Å². The molecule has 0 saturated carbocycles. The number of nitrogens with one attached hydrogen (secondary N) is 3. The maximum Gasteiger partial charge on any atom is 0.308 e. The molecular weight excluding hydrogens is 438 g/mol. The molecule has 174 valence electrons. The average Bonchev–Trinajstić information content (AvgIpc) is 2.71. The fraction of sp³-hybridized carbons (Fsp3) is 0.400. The largest absolute Gasteiger partial charge is 0.466 e. The Morgan fingerprint density at radius 2 is 1.84 bits per heavy atom. The minimum absolute atomic E-state index is 0.0902. The van der Waals surface area contributed by atoms with Crippen molar-refractivity contribution in [1.29, 1.82) is 0 Å². The monoisotopic (exact) mass is 465 g/mol. The highest BCUT2D eigenvalue weighted by Gasteiger charge is 2.16. The minimum atomic E-state index is -3.41. The topological polar surface area (TPSA) is 169 Å². The van der Waals surface area contributed by atoms with E-state index >= 15 is 0 Å². The Morgan fingerprint density at radius 3 is 2.44 bits per heavy atom. The standard InChI is InChI=1S/C20H27N5O6S/c1-3-31-20(28)13-17(5-4-12-23-32(2,29)30)25-19(27)11-10-18(26)24-16-8-6-15(7-9-16)14-22-21/h6-9,14,17,23H,3,10-13,21H2,1-2H3,(H,24,26)(H,25,27). The van der Waals surface area contributed by atoms with Crippen molar-refractivity contribution in [2.75, 3.05) is 24.7 Å². The molecule has 32 heavy (non-hydrogen) atoms. The molecule has 0 saturated heterocycles. The van der Waals surface area contributed by atoms with E-state index in [4.69, 9.17) is 10.6 Å². The Bertz CT molecular complexity index is 980. The zero-order valence-corrected chi connectivity index (χ0v) is 18.7. The van der Waals surface area contributed by atoms with E-state index in [0.29, 0.717) is 5.69 Å². The SMILES string of the molecule is CCOC(=O)CC(C#CCNS(C)(=O)=O)NC(=O)CCC(=O)Nc1ccc(C=NN)cc1. The molecule has 1 rings (SSSR count). The summed E-state index contributed by atoms with van der Waals surface area (Å²) in [4.78, 5) is 36.0. The predicted octanol–water partition coefficient (Wildman–Crippen LogP) is -0.311. The number of ether oxygens (including phenoxy) is 1. The van der Waals surface area contributed by atoms with Crippen molar-refractivity contribution in [3.63, 3.8) is 0 Å². The van der Waals surface area contributed by atoms with Crippen LogP contribution in [0.1, 0.15) is 31.7 Å². The number of nitrogens with zero attached hydrogens (tertiary/aromatic N) is 1. The summed E-state index contributed by atoms with van der Waals surface area (Å²) in [6.45, 7) is 1.64. The number of anilines is 1. The van der Waals surface area contributed by atoms with Crippen LogP contribution in [0.2, 0.25) is 0 Å². The van der Waals surface area contributed by atoms with E-state index in [-0.39, 0.29) is 38.3 Å². The number of benzene rings is 1. The van der Waals surface area contributed by atoms with Crippen LogP contribution < -0.4 is 21.2 Å². The molecule has 5 N–H and O–H groups in total. The summed E-state index contributed by atoms with van der Waals surface area (Å²) in [5, 5.41) is 8.62. The number of hydrogen-bond acceptors (Lipinski definition) is 8. The molecule has 0 aliphatic carbocycles. The van der Waals surface area contributed by atoms with Crippen LogP contribution in [-0.2, 0) is 29.1 Å². The van der Waals surface area contributed by atoms with Crippen LogP contribution >= 0.6 is 0 Å².